The third-order valence-corrected chi connectivity index (χ3v) is 4.74. The Bertz CT molecular complexity index is 1420. The van der Waals surface area contributed by atoms with Crippen LogP contribution in [-0.4, -0.2) is 32.5 Å². The van der Waals surface area contributed by atoms with Crippen LogP contribution in [-0.2, 0) is 6.18 Å². The predicted molar refractivity (Wildman–Crippen MR) is 111 cm³/mol. The molecule has 0 saturated heterocycles. The lowest BCUT2D eigenvalue weighted by molar-refractivity contribution is -0.384. The Morgan fingerprint density at radius 3 is 2.44 bits per heavy atom. The Kier molecular flexibility index (Phi) is 5.61. The van der Waals surface area contributed by atoms with Crippen LogP contribution in [0.2, 0.25) is 0 Å². The van der Waals surface area contributed by atoms with Crippen LogP contribution < -0.4 is 10.1 Å². The van der Waals surface area contributed by atoms with Crippen molar-refractivity contribution in [3.63, 3.8) is 0 Å². The van der Waals surface area contributed by atoms with E-state index in [9.17, 15) is 32.5 Å². The average molecular weight is 475 g/mol. The van der Waals surface area contributed by atoms with Crippen LogP contribution in [0.25, 0.3) is 16.9 Å². The van der Waals surface area contributed by atoms with Crippen molar-refractivity contribution in [1.29, 1.82) is 0 Å². The van der Waals surface area contributed by atoms with E-state index < -0.39 is 39.9 Å². The lowest BCUT2D eigenvalue weighted by Gasteiger charge is -2.11. The molecule has 0 aliphatic heterocycles. The van der Waals surface area contributed by atoms with Gasteiger partial charge in [-0.25, -0.2) is 13.9 Å². The summed E-state index contributed by atoms with van der Waals surface area (Å²) < 4.78 is 59.7. The van der Waals surface area contributed by atoms with Crippen LogP contribution in [0.4, 0.5) is 28.9 Å². The van der Waals surface area contributed by atoms with Crippen LogP contribution in [0.5, 0.6) is 5.75 Å². The summed E-state index contributed by atoms with van der Waals surface area (Å²) >= 11 is 0. The van der Waals surface area contributed by atoms with Crippen molar-refractivity contribution in [3.8, 4) is 17.0 Å². The largest absolute Gasteiger partial charge is 0.496 e. The van der Waals surface area contributed by atoms with Gasteiger partial charge in [0.25, 0.3) is 11.6 Å². The molecule has 4 rings (SSSR count). The molecule has 2 heterocycles. The highest BCUT2D eigenvalue weighted by Crippen LogP contribution is 2.33. The van der Waals surface area contributed by atoms with Crippen LogP contribution in [0.3, 0.4) is 0 Å². The van der Waals surface area contributed by atoms with E-state index in [1.165, 1.54) is 31.4 Å². The fourth-order valence-corrected chi connectivity index (χ4v) is 3.14. The molecule has 0 fully saturated rings. The van der Waals surface area contributed by atoms with Crippen molar-refractivity contribution in [2.24, 2.45) is 0 Å². The zero-order chi connectivity index (χ0) is 24.6. The number of nitro benzene ring substituents is 1. The molecule has 1 N–H and O–H groups in total. The Labute approximate surface area is 187 Å². The standard InChI is InChI=1S/C21H13F4N5O4/c1-34-13-6-7-14(17(8-13)30(32)33)27-20(31)16-10-19-26-15(11-2-4-12(22)5-3-11)9-18(21(23,24)25)29(19)28-16/h2-10H,1H3,(H,27,31). The van der Waals surface area contributed by atoms with Gasteiger partial charge >= 0.3 is 6.18 Å². The number of methoxy groups -OCH3 is 1. The summed E-state index contributed by atoms with van der Waals surface area (Å²) in [7, 11) is 1.30. The number of amides is 1. The number of alkyl halides is 3. The van der Waals surface area contributed by atoms with E-state index in [-0.39, 0.29) is 28.3 Å². The smallest absolute Gasteiger partial charge is 0.433 e. The summed E-state index contributed by atoms with van der Waals surface area (Å²) in [4.78, 5) is 27.3. The first-order chi connectivity index (χ1) is 16.1. The van der Waals surface area contributed by atoms with Crippen molar-refractivity contribution in [2.75, 3.05) is 12.4 Å². The highest BCUT2D eigenvalue weighted by molar-refractivity contribution is 6.04. The molecule has 2 aromatic carbocycles. The summed E-state index contributed by atoms with van der Waals surface area (Å²) in [6, 6.07) is 10.1. The molecule has 0 aliphatic rings. The number of nitrogens with one attached hydrogen (secondary N) is 1. The van der Waals surface area contributed by atoms with E-state index in [0.717, 1.165) is 30.3 Å². The Morgan fingerprint density at radius 2 is 1.82 bits per heavy atom. The second-order valence-electron chi connectivity index (χ2n) is 6.93. The zero-order valence-corrected chi connectivity index (χ0v) is 17.1. The fraction of sp³-hybridized carbons (Fsp3) is 0.0952. The molecule has 174 valence electrons. The number of anilines is 1. The first-order valence-electron chi connectivity index (χ1n) is 9.44. The molecule has 0 spiro atoms. The molecule has 0 aliphatic carbocycles. The maximum absolute atomic E-state index is 13.7. The first kappa shape index (κ1) is 22.6. The van der Waals surface area contributed by atoms with Gasteiger partial charge in [0.2, 0.25) is 0 Å². The number of fused-ring (bicyclic) bond motifs is 1. The molecular formula is C21H13F4N5O4. The summed E-state index contributed by atoms with van der Waals surface area (Å²) in [5.41, 5.74) is -2.56. The van der Waals surface area contributed by atoms with E-state index in [2.05, 4.69) is 15.4 Å². The lowest BCUT2D eigenvalue weighted by atomic mass is 10.1. The van der Waals surface area contributed by atoms with Crippen LogP contribution in [0.1, 0.15) is 16.2 Å². The third-order valence-electron chi connectivity index (χ3n) is 4.74. The summed E-state index contributed by atoms with van der Waals surface area (Å²) in [6.45, 7) is 0. The number of hydrogen-bond acceptors (Lipinski definition) is 6. The SMILES string of the molecule is COc1ccc(NC(=O)c2cc3nc(-c4ccc(F)cc4)cc(C(F)(F)F)n3n2)c([N+](=O)[O-])c1. The molecule has 0 saturated carbocycles. The topological polar surface area (TPSA) is 112 Å². The first-order valence-corrected chi connectivity index (χ1v) is 9.44. The number of carbonyl (C=O) groups excluding carboxylic acids is 1. The van der Waals surface area contributed by atoms with Crippen molar-refractivity contribution < 1.29 is 32.0 Å². The maximum Gasteiger partial charge on any atom is 0.433 e. The van der Waals surface area contributed by atoms with Crippen molar-refractivity contribution in [3.05, 3.63) is 81.9 Å². The molecule has 0 unspecified atom stereocenters. The number of carbonyl (C=O) groups is 1. The molecule has 34 heavy (non-hydrogen) atoms. The minimum absolute atomic E-state index is 0.113. The lowest BCUT2D eigenvalue weighted by Crippen LogP contribution is -2.16. The molecule has 0 radical (unpaired) electrons. The molecule has 0 bridgehead atoms. The van der Waals surface area contributed by atoms with Gasteiger partial charge in [-0.2, -0.15) is 18.3 Å². The van der Waals surface area contributed by atoms with E-state index >= 15 is 0 Å². The van der Waals surface area contributed by atoms with E-state index in [1.807, 2.05) is 0 Å². The third kappa shape index (κ3) is 4.35. The van der Waals surface area contributed by atoms with E-state index in [1.54, 1.807) is 0 Å². The number of aromatic nitrogens is 3. The number of rotatable bonds is 5. The number of halogens is 4. The van der Waals surface area contributed by atoms with Gasteiger partial charge in [0.15, 0.2) is 17.0 Å². The number of nitrogens with zero attached hydrogens (tertiary/aromatic N) is 4. The predicted octanol–water partition coefficient (Wildman–Crippen LogP) is 4.72. The molecule has 0 atom stereocenters. The summed E-state index contributed by atoms with van der Waals surface area (Å²) in [6.07, 6.45) is -4.86. The normalized spacial score (nSPS) is 11.4. The van der Waals surface area contributed by atoms with Gasteiger partial charge in [-0.3, -0.25) is 14.9 Å². The highest BCUT2D eigenvalue weighted by atomic mass is 19.4. The monoisotopic (exact) mass is 475 g/mol. The van der Waals surface area contributed by atoms with Crippen molar-refractivity contribution in [2.45, 2.75) is 6.18 Å². The van der Waals surface area contributed by atoms with Crippen molar-refractivity contribution in [1.82, 2.24) is 14.6 Å². The second kappa shape index (κ2) is 8.42. The molecule has 13 heteroatoms. The fourth-order valence-electron chi connectivity index (χ4n) is 3.14. The highest BCUT2D eigenvalue weighted by Gasteiger charge is 2.35. The van der Waals surface area contributed by atoms with E-state index in [4.69, 9.17) is 4.74 Å². The molecule has 4 aromatic rings. The molecular weight excluding hydrogens is 462 g/mol. The molecule has 9 nitrogen and oxygen atoms in total. The van der Waals surface area contributed by atoms with Gasteiger partial charge in [0.1, 0.15) is 17.3 Å². The summed E-state index contributed by atoms with van der Waals surface area (Å²) in [5.74, 6) is -1.39. The van der Waals surface area contributed by atoms with E-state index in [0.29, 0.717) is 4.52 Å². The number of hydrogen-bond donors (Lipinski definition) is 1. The number of ether oxygens (including phenoxy) is 1. The van der Waals surface area contributed by atoms with Crippen LogP contribution in [0, 0.1) is 15.9 Å². The maximum atomic E-state index is 13.7. The van der Waals surface area contributed by atoms with Gasteiger partial charge in [0, 0.05) is 11.6 Å². The quantitative estimate of drug-likeness (QED) is 0.254. The zero-order valence-electron chi connectivity index (χ0n) is 17.1. The van der Waals surface area contributed by atoms with Gasteiger partial charge in [-0.05, 0) is 42.5 Å². The van der Waals surface area contributed by atoms with Gasteiger partial charge in [0.05, 0.1) is 23.8 Å². The Morgan fingerprint density at radius 1 is 1.12 bits per heavy atom. The Balaban J connectivity index is 1.77. The minimum atomic E-state index is -4.86. The van der Waals surface area contributed by atoms with Crippen LogP contribution >= 0.6 is 0 Å². The van der Waals surface area contributed by atoms with Gasteiger partial charge < -0.3 is 10.1 Å². The van der Waals surface area contributed by atoms with Gasteiger partial charge in [-0.15, -0.1) is 0 Å². The number of benzene rings is 2. The minimum Gasteiger partial charge on any atom is -0.496 e. The van der Waals surface area contributed by atoms with Gasteiger partial charge in [-0.1, -0.05) is 0 Å². The van der Waals surface area contributed by atoms with Crippen molar-refractivity contribution >= 4 is 22.9 Å². The second-order valence-corrected chi connectivity index (χ2v) is 6.93. The molecule has 2 aromatic heterocycles. The summed E-state index contributed by atoms with van der Waals surface area (Å²) in [5, 5.41) is 17.3. The Hall–Kier alpha value is -4.55. The molecule has 1 amide bonds. The number of nitro groups is 1. The average Bonchev–Trinajstić information content (AvgIpc) is 3.22. The van der Waals surface area contributed by atoms with Crippen LogP contribution in [0.15, 0.2) is 54.6 Å².